The highest BCUT2D eigenvalue weighted by molar-refractivity contribution is 5.33. The zero-order chi connectivity index (χ0) is 14.9. The second-order valence-corrected chi connectivity index (χ2v) is 4.92. The molecule has 8 heteroatoms. The topological polar surface area (TPSA) is 121 Å². The van der Waals surface area contributed by atoms with Gasteiger partial charge in [0.1, 0.15) is 30.2 Å². The third-order valence-corrected chi connectivity index (χ3v) is 2.99. The summed E-state index contributed by atoms with van der Waals surface area (Å²) in [5, 5.41) is 29.1. The summed E-state index contributed by atoms with van der Waals surface area (Å²) >= 11 is 0. The van der Waals surface area contributed by atoms with Crippen molar-refractivity contribution in [1.82, 2.24) is 9.97 Å². The first kappa shape index (κ1) is 14.7. The first-order valence-corrected chi connectivity index (χ1v) is 6.10. The quantitative estimate of drug-likeness (QED) is 0.704. The van der Waals surface area contributed by atoms with E-state index in [4.69, 9.17) is 19.5 Å². The highest BCUT2D eigenvalue weighted by Gasteiger charge is 2.41. The number of hydrogen-bond acceptors (Lipinski definition) is 7. The summed E-state index contributed by atoms with van der Waals surface area (Å²) in [6.45, 7) is 3.40. The third kappa shape index (κ3) is 2.76. The number of aromatic nitrogens is 2. The Labute approximate surface area is 115 Å². The molecule has 1 aliphatic heterocycles. The minimum absolute atomic E-state index is 0.0394. The van der Waals surface area contributed by atoms with Crippen molar-refractivity contribution in [3.8, 4) is 11.9 Å². The van der Waals surface area contributed by atoms with Crippen molar-refractivity contribution in [2.45, 2.75) is 37.9 Å². The standard InChI is InChI=1S/C12H17N3O5/c1-12(2)19-5-7(16)9(20-12)8(17)10-14-6(4-13)11(15-10)18-3/h7-9,16-17H,5H2,1-3H3,(H,14,15)/t7-,8-,9-/m0/s1. The number of imidazole rings is 1. The van der Waals surface area contributed by atoms with Gasteiger partial charge in [-0.1, -0.05) is 0 Å². The Kier molecular flexibility index (Phi) is 3.96. The molecule has 0 unspecified atom stereocenters. The van der Waals surface area contributed by atoms with Gasteiger partial charge in [-0.15, -0.1) is 0 Å². The molecule has 1 aliphatic rings. The minimum atomic E-state index is -1.23. The summed E-state index contributed by atoms with van der Waals surface area (Å²) < 4.78 is 15.7. The molecule has 3 N–H and O–H groups in total. The van der Waals surface area contributed by atoms with Crippen molar-refractivity contribution in [3.05, 3.63) is 11.5 Å². The lowest BCUT2D eigenvalue weighted by Crippen LogP contribution is -2.51. The van der Waals surface area contributed by atoms with Gasteiger partial charge in [0.05, 0.1) is 13.7 Å². The number of rotatable bonds is 3. The van der Waals surface area contributed by atoms with Crippen LogP contribution in [0.25, 0.3) is 0 Å². The number of ether oxygens (including phenoxy) is 3. The maximum absolute atomic E-state index is 10.3. The van der Waals surface area contributed by atoms with Gasteiger partial charge < -0.3 is 29.4 Å². The Bertz CT molecular complexity index is 522. The molecular weight excluding hydrogens is 266 g/mol. The summed E-state index contributed by atoms with van der Waals surface area (Å²) in [6, 6.07) is 1.87. The van der Waals surface area contributed by atoms with Gasteiger partial charge in [0.15, 0.2) is 11.5 Å². The Balaban J connectivity index is 2.24. The number of aromatic amines is 1. The fourth-order valence-corrected chi connectivity index (χ4v) is 1.99. The monoisotopic (exact) mass is 283 g/mol. The minimum Gasteiger partial charge on any atom is -0.479 e. The van der Waals surface area contributed by atoms with Crippen LogP contribution in [0.1, 0.15) is 31.5 Å². The maximum atomic E-state index is 10.3. The van der Waals surface area contributed by atoms with E-state index in [0.29, 0.717) is 0 Å². The average Bonchev–Trinajstić information content (AvgIpc) is 2.84. The molecule has 0 bridgehead atoms. The van der Waals surface area contributed by atoms with Crippen LogP contribution in [0.2, 0.25) is 0 Å². The van der Waals surface area contributed by atoms with Crippen LogP contribution in [0.4, 0.5) is 0 Å². The number of nitrogens with one attached hydrogen (secondary N) is 1. The van der Waals surface area contributed by atoms with Crippen LogP contribution in [0.3, 0.4) is 0 Å². The zero-order valence-electron chi connectivity index (χ0n) is 11.5. The van der Waals surface area contributed by atoms with Gasteiger partial charge in [-0.2, -0.15) is 10.2 Å². The van der Waals surface area contributed by atoms with Crippen LogP contribution in [-0.4, -0.2) is 51.9 Å². The smallest absolute Gasteiger partial charge is 0.250 e. The van der Waals surface area contributed by atoms with Gasteiger partial charge in [-0.05, 0) is 13.8 Å². The molecular formula is C12H17N3O5. The summed E-state index contributed by atoms with van der Waals surface area (Å²) in [5.41, 5.74) is 0.0994. The van der Waals surface area contributed by atoms with Gasteiger partial charge in [0.2, 0.25) is 0 Å². The summed E-state index contributed by atoms with van der Waals surface area (Å²) in [4.78, 5) is 6.62. The number of hydrogen-bond donors (Lipinski definition) is 3. The number of methoxy groups -OCH3 is 1. The summed E-state index contributed by atoms with van der Waals surface area (Å²) in [6.07, 6.45) is -3.15. The molecule has 0 aliphatic carbocycles. The molecule has 0 spiro atoms. The molecule has 2 heterocycles. The molecule has 0 radical (unpaired) electrons. The second-order valence-electron chi connectivity index (χ2n) is 4.92. The lowest BCUT2D eigenvalue weighted by molar-refractivity contribution is -0.320. The molecule has 20 heavy (non-hydrogen) atoms. The molecule has 8 nitrogen and oxygen atoms in total. The molecule has 1 fully saturated rings. The van der Waals surface area contributed by atoms with Gasteiger partial charge in [-0.25, -0.2) is 0 Å². The summed E-state index contributed by atoms with van der Waals surface area (Å²) in [5.74, 6) is -0.734. The normalized spacial score (nSPS) is 26.8. The SMILES string of the molecule is COc1nc([C@@H](O)[C@H]2OC(C)(C)OC[C@@H]2O)[nH]c1C#N. The fourth-order valence-electron chi connectivity index (χ4n) is 1.99. The molecule has 1 aromatic rings. The van der Waals surface area contributed by atoms with Crippen LogP contribution >= 0.6 is 0 Å². The van der Waals surface area contributed by atoms with Crippen molar-refractivity contribution in [3.63, 3.8) is 0 Å². The van der Waals surface area contributed by atoms with E-state index in [9.17, 15) is 10.2 Å². The van der Waals surface area contributed by atoms with Gasteiger partial charge in [0, 0.05) is 0 Å². The largest absolute Gasteiger partial charge is 0.479 e. The zero-order valence-corrected chi connectivity index (χ0v) is 11.5. The number of H-pyrrole nitrogens is 1. The maximum Gasteiger partial charge on any atom is 0.250 e. The highest BCUT2D eigenvalue weighted by Crippen LogP contribution is 2.30. The van der Waals surface area contributed by atoms with Crippen LogP contribution in [0.15, 0.2) is 0 Å². The second kappa shape index (κ2) is 5.38. The highest BCUT2D eigenvalue weighted by atomic mass is 16.7. The molecule has 1 aromatic heterocycles. The van der Waals surface area contributed by atoms with Gasteiger partial charge in [-0.3, -0.25) is 0 Å². The predicted molar refractivity (Wildman–Crippen MR) is 65.7 cm³/mol. The van der Waals surface area contributed by atoms with Crippen LogP contribution in [0.5, 0.6) is 5.88 Å². The average molecular weight is 283 g/mol. The van der Waals surface area contributed by atoms with Crippen molar-refractivity contribution in [2.24, 2.45) is 0 Å². The first-order chi connectivity index (χ1) is 9.38. The van der Waals surface area contributed by atoms with Crippen molar-refractivity contribution in [1.29, 1.82) is 5.26 Å². The van der Waals surface area contributed by atoms with Gasteiger partial charge >= 0.3 is 0 Å². The summed E-state index contributed by atoms with van der Waals surface area (Å²) in [7, 11) is 1.37. The number of nitrogens with zero attached hydrogens (tertiary/aromatic N) is 2. The van der Waals surface area contributed by atoms with E-state index < -0.39 is 24.1 Å². The first-order valence-electron chi connectivity index (χ1n) is 6.10. The molecule has 0 aromatic carbocycles. The van der Waals surface area contributed by atoms with E-state index in [1.165, 1.54) is 7.11 Å². The van der Waals surface area contributed by atoms with Crippen molar-refractivity contribution >= 4 is 0 Å². The Hall–Kier alpha value is -1.66. The van der Waals surface area contributed by atoms with Crippen molar-refractivity contribution in [2.75, 3.05) is 13.7 Å². The molecule has 2 rings (SSSR count). The van der Waals surface area contributed by atoms with E-state index >= 15 is 0 Å². The lowest BCUT2D eigenvalue weighted by atomic mass is 10.1. The van der Waals surface area contributed by atoms with Crippen LogP contribution in [-0.2, 0) is 9.47 Å². The van der Waals surface area contributed by atoms with E-state index in [0.717, 1.165) is 0 Å². The van der Waals surface area contributed by atoms with E-state index in [2.05, 4.69) is 9.97 Å². The lowest BCUT2D eigenvalue weighted by Gasteiger charge is -2.40. The Morgan fingerprint density at radius 1 is 1.60 bits per heavy atom. The number of aliphatic hydroxyl groups is 2. The Morgan fingerprint density at radius 2 is 2.30 bits per heavy atom. The number of aliphatic hydroxyl groups excluding tert-OH is 2. The third-order valence-electron chi connectivity index (χ3n) is 2.99. The van der Waals surface area contributed by atoms with E-state index in [1.54, 1.807) is 13.8 Å². The molecule has 110 valence electrons. The molecule has 0 amide bonds. The van der Waals surface area contributed by atoms with Gasteiger partial charge in [0.25, 0.3) is 5.88 Å². The number of nitriles is 1. The van der Waals surface area contributed by atoms with E-state index in [-0.39, 0.29) is 24.0 Å². The fraction of sp³-hybridized carbons (Fsp3) is 0.667. The Morgan fingerprint density at radius 3 is 2.85 bits per heavy atom. The van der Waals surface area contributed by atoms with Crippen molar-refractivity contribution < 1.29 is 24.4 Å². The van der Waals surface area contributed by atoms with Crippen LogP contribution in [0, 0.1) is 11.3 Å². The predicted octanol–water partition coefficient (Wildman–Crippen LogP) is -0.164. The molecule has 0 saturated carbocycles. The van der Waals surface area contributed by atoms with Crippen LogP contribution < -0.4 is 4.74 Å². The van der Waals surface area contributed by atoms with E-state index in [1.807, 2.05) is 6.07 Å². The molecule has 1 saturated heterocycles. The molecule has 3 atom stereocenters.